The molecule has 0 aliphatic carbocycles. The Morgan fingerprint density at radius 1 is 1.44 bits per heavy atom. The van der Waals surface area contributed by atoms with E-state index in [9.17, 15) is 4.79 Å². The minimum atomic E-state index is -0.327. The molecule has 0 unspecified atom stereocenters. The van der Waals surface area contributed by atoms with Crippen molar-refractivity contribution in [3.63, 3.8) is 0 Å². The molecule has 0 atom stereocenters. The zero-order chi connectivity index (χ0) is 13.3. The molecule has 2 aromatic heterocycles. The average Bonchev–Trinajstić information content (AvgIpc) is 2.56. The van der Waals surface area contributed by atoms with Crippen molar-refractivity contribution in [2.24, 2.45) is 7.05 Å². The number of aromatic nitrogens is 3. The number of pyridine rings is 1. The lowest BCUT2D eigenvalue weighted by Gasteiger charge is -2.06. The molecule has 6 nitrogen and oxygen atoms in total. The average molecular weight is 245 g/mol. The molecule has 0 saturated heterocycles. The quantitative estimate of drug-likeness (QED) is 0.834. The van der Waals surface area contributed by atoms with Gasteiger partial charge in [-0.25, -0.2) is 4.98 Å². The van der Waals surface area contributed by atoms with E-state index in [-0.39, 0.29) is 11.6 Å². The van der Waals surface area contributed by atoms with E-state index in [2.05, 4.69) is 15.4 Å². The van der Waals surface area contributed by atoms with Crippen LogP contribution in [0.2, 0.25) is 0 Å². The molecular formula is C12H15N5O. The summed E-state index contributed by atoms with van der Waals surface area (Å²) in [5, 5.41) is 7.02. The van der Waals surface area contributed by atoms with Crippen molar-refractivity contribution >= 4 is 17.3 Å². The van der Waals surface area contributed by atoms with Gasteiger partial charge in [-0.1, -0.05) is 0 Å². The molecule has 0 spiro atoms. The Balaban J connectivity index is 2.30. The Morgan fingerprint density at radius 3 is 2.72 bits per heavy atom. The molecule has 0 bridgehead atoms. The Kier molecular flexibility index (Phi) is 3.01. The van der Waals surface area contributed by atoms with Crippen LogP contribution < -0.4 is 11.1 Å². The van der Waals surface area contributed by atoms with E-state index in [0.717, 1.165) is 11.4 Å². The van der Waals surface area contributed by atoms with Gasteiger partial charge in [0.1, 0.15) is 0 Å². The van der Waals surface area contributed by atoms with Crippen LogP contribution in [0.25, 0.3) is 0 Å². The summed E-state index contributed by atoms with van der Waals surface area (Å²) in [6.45, 7) is 3.72. The minimum Gasteiger partial charge on any atom is -0.397 e. The molecule has 18 heavy (non-hydrogen) atoms. The van der Waals surface area contributed by atoms with Crippen molar-refractivity contribution in [2.75, 3.05) is 11.1 Å². The fourth-order valence-electron chi connectivity index (χ4n) is 1.73. The number of aryl methyl sites for hydroxylation is 2. The molecule has 2 rings (SSSR count). The number of nitrogens with one attached hydrogen (secondary N) is 1. The summed E-state index contributed by atoms with van der Waals surface area (Å²) in [5.74, 6) is -0.327. The summed E-state index contributed by atoms with van der Waals surface area (Å²) in [4.78, 5) is 16.0. The number of nitrogens with two attached hydrogens (primary N) is 1. The highest BCUT2D eigenvalue weighted by molar-refractivity contribution is 6.06. The Bertz CT molecular complexity index is 603. The second-order valence-corrected chi connectivity index (χ2v) is 4.06. The van der Waals surface area contributed by atoms with Crippen LogP contribution >= 0.6 is 0 Å². The fourth-order valence-corrected chi connectivity index (χ4v) is 1.73. The number of hydrogen-bond acceptors (Lipinski definition) is 4. The SMILES string of the molecule is Cc1nn(C)c(C)c1NC(=O)c1ncccc1N. The number of amides is 1. The molecule has 0 aliphatic heterocycles. The molecule has 0 fully saturated rings. The molecule has 0 aromatic carbocycles. The first-order chi connectivity index (χ1) is 8.50. The third-order valence-corrected chi connectivity index (χ3v) is 2.80. The number of rotatable bonds is 2. The number of anilines is 2. The Hall–Kier alpha value is -2.37. The topological polar surface area (TPSA) is 85.8 Å². The van der Waals surface area contributed by atoms with Gasteiger partial charge in [0, 0.05) is 13.2 Å². The highest BCUT2D eigenvalue weighted by atomic mass is 16.1. The van der Waals surface area contributed by atoms with Gasteiger partial charge in [0.05, 0.1) is 22.8 Å². The normalized spacial score (nSPS) is 10.4. The van der Waals surface area contributed by atoms with Crippen molar-refractivity contribution < 1.29 is 4.79 Å². The summed E-state index contributed by atoms with van der Waals surface area (Å²) < 4.78 is 1.72. The van der Waals surface area contributed by atoms with E-state index < -0.39 is 0 Å². The van der Waals surface area contributed by atoms with E-state index in [1.54, 1.807) is 16.8 Å². The van der Waals surface area contributed by atoms with E-state index in [0.29, 0.717) is 11.4 Å². The van der Waals surface area contributed by atoms with Crippen LogP contribution in [0.4, 0.5) is 11.4 Å². The summed E-state index contributed by atoms with van der Waals surface area (Å²) >= 11 is 0. The predicted molar refractivity (Wildman–Crippen MR) is 69.3 cm³/mol. The van der Waals surface area contributed by atoms with Gasteiger partial charge in [0.25, 0.3) is 5.91 Å². The van der Waals surface area contributed by atoms with E-state index in [4.69, 9.17) is 5.73 Å². The van der Waals surface area contributed by atoms with Crippen LogP contribution in [-0.2, 0) is 7.05 Å². The van der Waals surface area contributed by atoms with Gasteiger partial charge in [0.2, 0.25) is 0 Å². The molecule has 2 aromatic rings. The van der Waals surface area contributed by atoms with Crippen LogP contribution in [0.5, 0.6) is 0 Å². The maximum atomic E-state index is 12.1. The molecule has 0 radical (unpaired) electrons. The van der Waals surface area contributed by atoms with Crippen molar-refractivity contribution in [1.29, 1.82) is 0 Å². The van der Waals surface area contributed by atoms with Gasteiger partial charge in [-0.3, -0.25) is 9.48 Å². The Morgan fingerprint density at radius 2 is 2.17 bits per heavy atom. The summed E-state index contributed by atoms with van der Waals surface area (Å²) in [5.41, 5.74) is 8.64. The third kappa shape index (κ3) is 2.04. The van der Waals surface area contributed by atoms with Crippen LogP contribution in [0.15, 0.2) is 18.3 Å². The van der Waals surface area contributed by atoms with Crippen LogP contribution in [-0.4, -0.2) is 20.7 Å². The first-order valence-electron chi connectivity index (χ1n) is 5.52. The van der Waals surface area contributed by atoms with Gasteiger partial charge >= 0.3 is 0 Å². The van der Waals surface area contributed by atoms with Gasteiger partial charge < -0.3 is 11.1 Å². The number of carbonyl (C=O) groups excluding carboxylic acids is 1. The molecule has 0 aliphatic rings. The van der Waals surface area contributed by atoms with Crippen LogP contribution in [0, 0.1) is 13.8 Å². The molecule has 3 N–H and O–H groups in total. The number of nitrogen functional groups attached to an aromatic ring is 1. The summed E-state index contributed by atoms with van der Waals surface area (Å²) in [6, 6.07) is 3.33. The lowest BCUT2D eigenvalue weighted by Crippen LogP contribution is -2.16. The molecule has 0 saturated carbocycles. The first kappa shape index (κ1) is 12.1. The van der Waals surface area contributed by atoms with Gasteiger partial charge in [-0.2, -0.15) is 5.10 Å². The first-order valence-corrected chi connectivity index (χ1v) is 5.52. The van der Waals surface area contributed by atoms with Crippen molar-refractivity contribution in [3.05, 3.63) is 35.4 Å². The zero-order valence-corrected chi connectivity index (χ0v) is 10.6. The highest BCUT2D eigenvalue weighted by Gasteiger charge is 2.16. The molecule has 6 heteroatoms. The van der Waals surface area contributed by atoms with Gasteiger partial charge in [-0.15, -0.1) is 0 Å². The maximum absolute atomic E-state index is 12.1. The van der Waals surface area contributed by atoms with Gasteiger partial charge in [0.15, 0.2) is 5.69 Å². The number of hydrogen-bond donors (Lipinski definition) is 2. The second kappa shape index (κ2) is 4.48. The molecule has 1 amide bonds. The van der Waals surface area contributed by atoms with Crippen LogP contribution in [0.3, 0.4) is 0 Å². The lowest BCUT2D eigenvalue weighted by molar-refractivity contribution is 0.102. The van der Waals surface area contributed by atoms with Crippen molar-refractivity contribution in [2.45, 2.75) is 13.8 Å². The van der Waals surface area contributed by atoms with Crippen LogP contribution in [0.1, 0.15) is 21.9 Å². The van der Waals surface area contributed by atoms with Gasteiger partial charge in [-0.05, 0) is 26.0 Å². The van der Waals surface area contributed by atoms with Crippen molar-refractivity contribution in [3.8, 4) is 0 Å². The molecule has 2 heterocycles. The third-order valence-electron chi connectivity index (χ3n) is 2.80. The van der Waals surface area contributed by atoms with Crippen molar-refractivity contribution in [1.82, 2.24) is 14.8 Å². The lowest BCUT2D eigenvalue weighted by atomic mass is 10.2. The smallest absolute Gasteiger partial charge is 0.276 e. The van der Waals surface area contributed by atoms with E-state index in [1.165, 1.54) is 6.20 Å². The zero-order valence-electron chi connectivity index (χ0n) is 10.6. The summed E-state index contributed by atoms with van der Waals surface area (Å²) in [6.07, 6.45) is 1.54. The van der Waals surface area contributed by atoms with E-state index >= 15 is 0 Å². The monoisotopic (exact) mass is 245 g/mol. The van der Waals surface area contributed by atoms with E-state index in [1.807, 2.05) is 20.9 Å². The summed E-state index contributed by atoms with van der Waals surface area (Å²) in [7, 11) is 1.83. The minimum absolute atomic E-state index is 0.222. The number of nitrogens with zero attached hydrogens (tertiary/aromatic N) is 3. The fraction of sp³-hybridized carbons (Fsp3) is 0.250. The largest absolute Gasteiger partial charge is 0.397 e. The second-order valence-electron chi connectivity index (χ2n) is 4.06. The predicted octanol–water partition coefficient (Wildman–Crippen LogP) is 1.27. The Labute approximate surface area is 105 Å². The number of carbonyl (C=O) groups is 1. The highest BCUT2D eigenvalue weighted by Crippen LogP contribution is 2.19. The standard InChI is InChI=1S/C12H15N5O/c1-7-10(8(2)17(3)16-7)15-12(18)11-9(13)5-4-6-14-11/h4-6H,13H2,1-3H3,(H,15,18). The maximum Gasteiger partial charge on any atom is 0.276 e. The molecular weight excluding hydrogens is 230 g/mol. The molecule has 94 valence electrons.